The molecular weight excluding hydrogens is 332 g/mol. The molecule has 3 nitrogen and oxygen atoms in total. The van der Waals surface area contributed by atoms with E-state index in [0.717, 1.165) is 31.0 Å². The molecule has 0 aromatic heterocycles. The lowest BCUT2D eigenvalue weighted by Gasteiger charge is -2.25. The number of halogens is 1. The first kappa shape index (κ1) is 17.7. The van der Waals surface area contributed by atoms with Gasteiger partial charge in [0.05, 0.1) is 6.54 Å². The van der Waals surface area contributed by atoms with E-state index in [1.165, 1.54) is 16.7 Å². The SMILES string of the molecule is O=C(CN1CC=C(c2ccccc2)CC1)NCCc1ccc(Cl)cc1. The third-order valence-electron chi connectivity index (χ3n) is 4.45. The number of carbonyl (C=O) groups is 1. The molecule has 0 unspecified atom stereocenters. The maximum absolute atomic E-state index is 12.1. The Hall–Kier alpha value is -2.10. The van der Waals surface area contributed by atoms with Crippen molar-refractivity contribution in [3.8, 4) is 0 Å². The standard InChI is InChI=1S/C21H23ClN2O/c22-20-8-6-17(7-9-20)10-13-23-21(25)16-24-14-11-19(12-15-24)18-4-2-1-3-5-18/h1-9,11H,10,12-16H2,(H,23,25). The van der Waals surface area contributed by atoms with Crippen LogP contribution in [0.25, 0.3) is 5.57 Å². The molecule has 0 bridgehead atoms. The van der Waals surface area contributed by atoms with Crippen molar-refractivity contribution in [1.82, 2.24) is 10.2 Å². The quantitative estimate of drug-likeness (QED) is 0.856. The number of hydrogen-bond donors (Lipinski definition) is 1. The lowest BCUT2D eigenvalue weighted by molar-refractivity contribution is -0.122. The third-order valence-corrected chi connectivity index (χ3v) is 4.71. The van der Waals surface area contributed by atoms with Crippen LogP contribution in [0.15, 0.2) is 60.7 Å². The zero-order chi connectivity index (χ0) is 17.5. The molecule has 1 N–H and O–H groups in total. The summed E-state index contributed by atoms with van der Waals surface area (Å²) in [6, 6.07) is 18.2. The van der Waals surface area contributed by atoms with Crippen LogP contribution < -0.4 is 5.32 Å². The average Bonchev–Trinajstić information content (AvgIpc) is 2.65. The summed E-state index contributed by atoms with van der Waals surface area (Å²) in [6.45, 7) is 2.86. The van der Waals surface area contributed by atoms with Gasteiger partial charge in [-0.05, 0) is 41.7 Å². The molecular formula is C21H23ClN2O. The van der Waals surface area contributed by atoms with E-state index < -0.39 is 0 Å². The number of nitrogens with one attached hydrogen (secondary N) is 1. The number of hydrogen-bond acceptors (Lipinski definition) is 2. The van der Waals surface area contributed by atoms with Crippen LogP contribution in [0.2, 0.25) is 5.02 Å². The molecule has 0 atom stereocenters. The van der Waals surface area contributed by atoms with Crippen LogP contribution in [-0.2, 0) is 11.2 Å². The van der Waals surface area contributed by atoms with Gasteiger partial charge in [0.2, 0.25) is 5.91 Å². The lowest BCUT2D eigenvalue weighted by atomic mass is 10.00. The largest absolute Gasteiger partial charge is 0.355 e. The second-order valence-corrected chi connectivity index (χ2v) is 6.74. The van der Waals surface area contributed by atoms with Gasteiger partial charge in [-0.15, -0.1) is 0 Å². The molecule has 0 spiro atoms. The van der Waals surface area contributed by atoms with Crippen LogP contribution in [0.3, 0.4) is 0 Å². The molecule has 0 fully saturated rings. The minimum absolute atomic E-state index is 0.0884. The van der Waals surface area contributed by atoms with Crippen LogP contribution in [0, 0.1) is 0 Å². The maximum Gasteiger partial charge on any atom is 0.234 e. The Kier molecular flexibility index (Phi) is 6.26. The summed E-state index contributed by atoms with van der Waals surface area (Å²) in [6.07, 6.45) is 4.04. The second kappa shape index (κ2) is 8.84. The molecule has 2 aromatic rings. The second-order valence-electron chi connectivity index (χ2n) is 6.31. The topological polar surface area (TPSA) is 32.3 Å². The summed E-state index contributed by atoms with van der Waals surface area (Å²) < 4.78 is 0. The summed E-state index contributed by atoms with van der Waals surface area (Å²) in [4.78, 5) is 14.3. The van der Waals surface area contributed by atoms with E-state index in [2.05, 4.69) is 40.6 Å². The molecule has 1 aliphatic rings. The van der Waals surface area contributed by atoms with Gasteiger partial charge >= 0.3 is 0 Å². The molecule has 2 aromatic carbocycles. The van der Waals surface area contributed by atoms with E-state index in [1.54, 1.807) is 0 Å². The number of rotatable bonds is 6. The highest BCUT2D eigenvalue weighted by molar-refractivity contribution is 6.30. The Morgan fingerprint density at radius 1 is 1.08 bits per heavy atom. The van der Waals surface area contributed by atoms with Crippen molar-refractivity contribution in [3.63, 3.8) is 0 Å². The van der Waals surface area contributed by atoms with Gasteiger partial charge in [-0.3, -0.25) is 9.69 Å². The van der Waals surface area contributed by atoms with E-state index in [0.29, 0.717) is 13.1 Å². The Bertz CT molecular complexity index is 725. The molecule has 25 heavy (non-hydrogen) atoms. The summed E-state index contributed by atoms with van der Waals surface area (Å²) in [5.74, 6) is 0.0884. The fraction of sp³-hybridized carbons (Fsp3) is 0.286. The molecule has 1 heterocycles. The van der Waals surface area contributed by atoms with Crippen LogP contribution in [0.1, 0.15) is 17.5 Å². The summed E-state index contributed by atoms with van der Waals surface area (Å²) in [5.41, 5.74) is 3.84. The van der Waals surface area contributed by atoms with Crippen molar-refractivity contribution in [2.24, 2.45) is 0 Å². The zero-order valence-electron chi connectivity index (χ0n) is 14.2. The number of benzene rings is 2. The Balaban J connectivity index is 1.40. The van der Waals surface area contributed by atoms with Crippen LogP contribution in [-0.4, -0.2) is 37.0 Å². The number of amides is 1. The van der Waals surface area contributed by atoms with Crippen LogP contribution in [0.5, 0.6) is 0 Å². The first-order valence-corrected chi connectivity index (χ1v) is 9.06. The summed E-state index contributed by atoms with van der Waals surface area (Å²) in [5, 5.41) is 3.74. The molecule has 1 amide bonds. The fourth-order valence-corrected chi connectivity index (χ4v) is 3.15. The van der Waals surface area contributed by atoms with Crippen molar-refractivity contribution in [2.75, 3.05) is 26.2 Å². The van der Waals surface area contributed by atoms with Gasteiger partial charge in [-0.1, -0.05) is 60.1 Å². The van der Waals surface area contributed by atoms with Gasteiger partial charge < -0.3 is 5.32 Å². The van der Waals surface area contributed by atoms with Gasteiger partial charge in [-0.25, -0.2) is 0 Å². The highest BCUT2D eigenvalue weighted by Crippen LogP contribution is 2.21. The van der Waals surface area contributed by atoms with E-state index in [9.17, 15) is 4.79 Å². The van der Waals surface area contributed by atoms with Crippen LogP contribution >= 0.6 is 11.6 Å². The molecule has 0 aliphatic carbocycles. The van der Waals surface area contributed by atoms with E-state index in [1.807, 2.05) is 30.3 Å². The van der Waals surface area contributed by atoms with Crippen molar-refractivity contribution < 1.29 is 4.79 Å². The summed E-state index contributed by atoms with van der Waals surface area (Å²) >= 11 is 5.87. The van der Waals surface area contributed by atoms with Crippen molar-refractivity contribution in [3.05, 3.63) is 76.8 Å². The minimum Gasteiger partial charge on any atom is -0.355 e. The van der Waals surface area contributed by atoms with Gasteiger partial charge in [0.1, 0.15) is 0 Å². The highest BCUT2D eigenvalue weighted by Gasteiger charge is 2.15. The fourth-order valence-electron chi connectivity index (χ4n) is 3.03. The molecule has 0 radical (unpaired) electrons. The van der Waals surface area contributed by atoms with Crippen LogP contribution in [0.4, 0.5) is 0 Å². The molecule has 130 valence electrons. The normalized spacial score (nSPS) is 14.8. The first-order valence-electron chi connectivity index (χ1n) is 8.68. The van der Waals surface area contributed by atoms with E-state index in [4.69, 9.17) is 11.6 Å². The number of carbonyl (C=O) groups excluding carboxylic acids is 1. The summed E-state index contributed by atoms with van der Waals surface area (Å²) in [7, 11) is 0. The molecule has 1 aliphatic heterocycles. The third kappa shape index (κ3) is 5.45. The molecule has 0 saturated heterocycles. The van der Waals surface area contributed by atoms with E-state index in [-0.39, 0.29) is 5.91 Å². The smallest absolute Gasteiger partial charge is 0.234 e. The average molecular weight is 355 g/mol. The molecule has 0 saturated carbocycles. The lowest BCUT2D eigenvalue weighted by Crippen LogP contribution is -2.39. The van der Waals surface area contributed by atoms with Gasteiger partial charge in [-0.2, -0.15) is 0 Å². The minimum atomic E-state index is 0.0884. The first-order chi connectivity index (χ1) is 12.2. The number of nitrogens with zero attached hydrogens (tertiary/aromatic N) is 1. The monoisotopic (exact) mass is 354 g/mol. The van der Waals surface area contributed by atoms with Gasteiger partial charge in [0.25, 0.3) is 0 Å². The van der Waals surface area contributed by atoms with Crippen molar-refractivity contribution in [2.45, 2.75) is 12.8 Å². The highest BCUT2D eigenvalue weighted by atomic mass is 35.5. The van der Waals surface area contributed by atoms with Gasteiger partial charge in [0, 0.05) is 24.7 Å². The maximum atomic E-state index is 12.1. The predicted molar refractivity (Wildman–Crippen MR) is 104 cm³/mol. The molecule has 3 rings (SSSR count). The molecule has 4 heteroatoms. The Morgan fingerprint density at radius 2 is 1.84 bits per heavy atom. The predicted octanol–water partition coefficient (Wildman–Crippen LogP) is 3.79. The van der Waals surface area contributed by atoms with E-state index >= 15 is 0 Å². The Labute approximate surface area is 154 Å². The zero-order valence-corrected chi connectivity index (χ0v) is 15.0. The van der Waals surface area contributed by atoms with Gasteiger partial charge in [0.15, 0.2) is 0 Å². The van der Waals surface area contributed by atoms with Crippen molar-refractivity contribution in [1.29, 1.82) is 0 Å². The van der Waals surface area contributed by atoms with Crippen molar-refractivity contribution >= 4 is 23.1 Å². The Morgan fingerprint density at radius 3 is 2.52 bits per heavy atom.